The average Bonchev–Trinajstić information content (AvgIpc) is 3.14. The van der Waals surface area contributed by atoms with Gasteiger partial charge in [0.15, 0.2) is 0 Å². The molecule has 6 nitrogen and oxygen atoms in total. The largest absolute Gasteiger partial charge is 0.368 e. The van der Waals surface area contributed by atoms with Crippen LogP contribution in [0.1, 0.15) is 32.1 Å². The Labute approximate surface area is 125 Å². The molecule has 2 heterocycles. The second kappa shape index (κ2) is 5.02. The van der Waals surface area contributed by atoms with Crippen LogP contribution >= 0.6 is 0 Å². The van der Waals surface area contributed by atoms with Gasteiger partial charge in [-0.1, -0.05) is 6.42 Å². The lowest BCUT2D eigenvalue weighted by Crippen LogP contribution is -2.28. The summed E-state index contributed by atoms with van der Waals surface area (Å²) < 4.78 is 0. The topological polar surface area (TPSA) is 93.1 Å². The zero-order chi connectivity index (χ0) is 14.4. The molecule has 3 unspecified atom stereocenters. The first-order valence-corrected chi connectivity index (χ1v) is 8.09. The van der Waals surface area contributed by atoms with Crippen molar-refractivity contribution in [1.82, 2.24) is 9.97 Å². The van der Waals surface area contributed by atoms with Crippen molar-refractivity contribution < 1.29 is 0 Å². The Morgan fingerprint density at radius 3 is 2.76 bits per heavy atom. The molecule has 3 fully saturated rings. The summed E-state index contributed by atoms with van der Waals surface area (Å²) in [5.41, 5.74) is 11.9. The first-order chi connectivity index (χ1) is 10.2. The normalized spacial score (nSPS) is 34.6. The van der Waals surface area contributed by atoms with Crippen molar-refractivity contribution in [2.24, 2.45) is 17.6 Å². The van der Waals surface area contributed by atoms with E-state index in [2.05, 4.69) is 20.2 Å². The van der Waals surface area contributed by atoms with E-state index in [4.69, 9.17) is 11.5 Å². The molecule has 1 saturated heterocycles. The molecule has 1 aromatic rings. The highest BCUT2D eigenvalue weighted by Gasteiger charge is 2.39. The average molecular weight is 288 g/mol. The molecule has 2 aliphatic carbocycles. The van der Waals surface area contributed by atoms with Crippen molar-refractivity contribution in [1.29, 1.82) is 0 Å². The minimum atomic E-state index is 0.239. The van der Waals surface area contributed by atoms with Gasteiger partial charge in [0.25, 0.3) is 0 Å². The SMILES string of the molecule is Nc1nc(NC2CC3CCC2C3)cc(N2CC[C@@H](N)C2)n1. The summed E-state index contributed by atoms with van der Waals surface area (Å²) >= 11 is 0. The number of hydrogen-bond donors (Lipinski definition) is 3. The quantitative estimate of drug-likeness (QED) is 0.774. The fourth-order valence-corrected chi connectivity index (χ4v) is 4.30. The molecule has 2 saturated carbocycles. The van der Waals surface area contributed by atoms with E-state index < -0.39 is 0 Å². The Morgan fingerprint density at radius 2 is 2.10 bits per heavy atom. The van der Waals surface area contributed by atoms with Crippen LogP contribution in [0.15, 0.2) is 6.07 Å². The Kier molecular flexibility index (Phi) is 3.14. The summed E-state index contributed by atoms with van der Waals surface area (Å²) in [7, 11) is 0. The number of aromatic nitrogens is 2. The highest BCUT2D eigenvalue weighted by Crippen LogP contribution is 2.45. The van der Waals surface area contributed by atoms with E-state index in [1.807, 2.05) is 6.07 Å². The first kappa shape index (κ1) is 13.1. The number of hydrogen-bond acceptors (Lipinski definition) is 6. The molecule has 5 N–H and O–H groups in total. The molecular weight excluding hydrogens is 264 g/mol. The van der Waals surface area contributed by atoms with E-state index in [0.717, 1.165) is 43.0 Å². The van der Waals surface area contributed by atoms with Gasteiger partial charge in [-0.05, 0) is 37.5 Å². The third-order valence-electron chi connectivity index (χ3n) is 5.35. The van der Waals surface area contributed by atoms with Crippen LogP contribution in [0.2, 0.25) is 0 Å². The Bertz CT molecular complexity index is 533. The molecule has 2 bridgehead atoms. The van der Waals surface area contributed by atoms with Crippen LogP contribution in [0, 0.1) is 11.8 Å². The van der Waals surface area contributed by atoms with Crippen molar-refractivity contribution in [2.45, 2.75) is 44.2 Å². The first-order valence-electron chi connectivity index (χ1n) is 8.09. The number of nitrogens with zero attached hydrogens (tertiary/aromatic N) is 3. The van der Waals surface area contributed by atoms with Crippen molar-refractivity contribution in [3.05, 3.63) is 6.07 Å². The van der Waals surface area contributed by atoms with E-state index in [9.17, 15) is 0 Å². The summed E-state index contributed by atoms with van der Waals surface area (Å²) in [5.74, 6) is 3.85. The van der Waals surface area contributed by atoms with Crippen LogP contribution in [-0.2, 0) is 0 Å². The maximum absolute atomic E-state index is 5.98. The van der Waals surface area contributed by atoms with Gasteiger partial charge in [0.1, 0.15) is 11.6 Å². The molecule has 0 radical (unpaired) electrons. The number of nitrogens with one attached hydrogen (secondary N) is 1. The molecule has 0 amide bonds. The lowest BCUT2D eigenvalue weighted by molar-refractivity contribution is 0.439. The predicted molar refractivity (Wildman–Crippen MR) is 84.1 cm³/mol. The third-order valence-corrected chi connectivity index (χ3v) is 5.35. The van der Waals surface area contributed by atoms with Crippen molar-refractivity contribution in [3.63, 3.8) is 0 Å². The van der Waals surface area contributed by atoms with Crippen LogP contribution in [0.4, 0.5) is 17.6 Å². The molecule has 4 rings (SSSR count). The van der Waals surface area contributed by atoms with Crippen LogP contribution in [0.3, 0.4) is 0 Å². The summed E-state index contributed by atoms with van der Waals surface area (Å²) in [6.07, 6.45) is 6.44. The maximum atomic E-state index is 5.98. The standard InChI is InChI=1S/C15H24N6/c16-11-3-4-21(8-11)14-7-13(19-15(17)20-14)18-12-6-9-1-2-10(12)5-9/h7,9-12H,1-6,8,16H2,(H3,17,18,19,20)/t9?,10?,11-,12?/m1/s1. The highest BCUT2D eigenvalue weighted by atomic mass is 15.2. The monoisotopic (exact) mass is 288 g/mol. The van der Waals surface area contributed by atoms with Crippen LogP contribution in [-0.4, -0.2) is 35.1 Å². The van der Waals surface area contributed by atoms with E-state index in [1.165, 1.54) is 25.7 Å². The molecule has 21 heavy (non-hydrogen) atoms. The summed E-state index contributed by atoms with van der Waals surface area (Å²) in [4.78, 5) is 10.9. The van der Waals surface area contributed by atoms with Crippen LogP contribution in [0.5, 0.6) is 0 Å². The number of nitrogen functional groups attached to an aromatic ring is 1. The fraction of sp³-hybridized carbons (Fsp3) is 0.733. The molecule has 1 aliphatic heterocycles. The van der Waals surface area contributed by atoms with Crippen molar-refractivity contribution in [2.75, 3.05) is 29.0 Å². The molecule has 4 atom stereocenters. The molecule has 6 heteroatoms. The number of fused-ring (bicyclic) bond motifs is 2. The minimum absolute atomic E-state index is 0.239. The molecule has 3 aliphatic rings. The lowest BCUT2D eigenvalue weighted by atomic mass is 9.95. The van der Waals surface area contributed by atoms with E-state index in [0.29, 0.717) is 12.0 Å². The Morgan fingerprint density at radius 1 is 1.19 bits per heavy atom. The van der Waals surface area contributed by atoms with Crippen LogP contribution < -0.4 is 21.7 Å². The molecule has 114 valence electrons. The fourth-order valence-electron chi connectivity index (χ4n) is 4.30. The maximum Gasteiger partial charge on any atom is 0.223 e. The predicted octanol–water partition coefficient (Wildman–Crippen LogP) is 1.20. The zero-order valence-electron chi connectivity index (χ0n) is 12.3. The highest BCUT2D eigenvalue weighted by molar-refractivity contribution is 5.53. The zero-order valence-corrected chi connectivity index (χ0v) is 12.3. The van der Waals surface area contributed by atoms with E-state index >= 15 is 0 Å². The van der Waals surface area contributed by atoms with Gasteiger partial charge in [0, 0.05) is 31.2 Å². The molecule has 0 spiro atoms. The Hall–Kier alpha value is -1.56. The third kappa shape index (κ3) is 2.52. The number of anilines is 3. The van der Waals surface area contributed by atoms with Gasteiger partial charge in [0.2, 0.25) is 5.95 Å². The Balaban J connectivity index is 1.51. The molecular formula is C15H24N6. The number of rotatable bonds is 3. The smallest absolute Gasteiger partial charge is 0.223 e. The summed E-state index contributed by atoms with van der Waals surface area (Å²) in [6.45, 7) is 1.80. The van der Waals surface area contributed by atoms with Gasteiger partial charge < -0.3 is 21.7 Å². The van der Waals surface area contributed by atoms with Crippen molar-refractivity contribution >= 4 is 17.6 Å². The van der Waals surface area contributed by atoms with Gasteiger partial charge in [-0.2, -0.15) is 9.97 Å². The van der Waals surface area contributed by atoms with Gasteiger partial charge >= 0.3 is 0 Å². The lowest BCUT2D eigenvalue weighted by Gasteiger charge is -2.24. The van der Waals surface area contributed by atoms with E-state index in [1.54, 1.807) is 0 Å². The summed E-state index contributed by atoms with van der Waals surface area (Å²) in [5, 5.41) is 3.60. The molecule has 0 aromatic carbocycles. The second-order valence-electron chi connectivity index (χ2n) is 6.89. The van der Waals surface area contributed by atoms with Crippen molar-refractivity contribution in [3.8, 4) is 0 Å². The summed E-state index contributed by atoms with van der Waals surface area (Å²) in [6, 6.07) is 2.83. The number of nitrogens with two attached hydrogens (primary N) is 2. The van der Waals surface area contributed by atoms with Gasteiger partial charge in [0.05, 0.1) is 0 Å². The van der Waals surface area contributed by atoms with Gasteiger partial charge in [-0.15, -0.1) is 0 Å². The minimum Gasteiger partial charge on any atom is -0.368 e. The van der Waals surface area contributed by atoms with Gasteiger partial charge in [-0.25, -0.2) is 0 Å². The second-order valence-corrected chi connectivity index (χ2v) is 6.89. The van der Waals surface area contributed by atoms with Gasteiger partial charge in [-0.3, -0.25) is 0 Å². The van der Waals surface area contributed by atoms with Crippen LogP contribution in [0.25, 0.3) is 0 Å². The molecule has 1 aromatic heterocycles. The van der Waals surface area contributed by atoms with E-state index in [-0.39, 0.29) is 6.04 Å².